The molecule has 84 heavy (non-hydrogen) atoms. The molecule has 0 saturated heterocycles. The summed E-state index contributed by atoms with van der Waals surface area (Å²) >= 11 is 0. The SMILES string of the molecule is CC(C)(C)OC[C@@H](NS(=O)(=O)Cc1ccccc1)C(=O)N[C@@H](CCc1ccccc1)C(=O)NCc1ccc(/C(N)=N/O)cc1.N/C(=N\O)c1ccc(CNC(=O)[C@H](CCc2ccccc2)NC(=O)[C@@H](CO)NS(=O)(=O)Cc2ccccc2)cc1. The van der Waals surface area contributed by atoms with E-state index >= 15 is 0 Å². The van der Waals surface area contributed by atoms with E-state index in [2.05, 4.69) is 41.0 Å². The van der Waals surface area contributed by atoms with Crippen molar-refractivity contribution in [2.45, 2.75) is 101 Å². The lowest BCUT2D eigenvalue weighted by atomic mass is 10.0. The highest BCUT2D eigenvalue weighted by Gasteiger charge is 2.32. The van der Waals surface area contributed by atoms with Gasteiger partial charge in [0.15, 0.2) is 11.7 Å². The first kappa shape index (κ1) is 66.3. The molecule has 0 bridgehead atoms. The molecule has 22 nitrogen and oxygen atoms in total. The Morgan fingerprint density at radius 3 is 1.14 bits per heavy atom. The van der Waals surface area contributed by atoms with Crippen LogP contribution in [0.3, 0.4) is 0 Å². The van der Waals surface area contributed by atoms with Gasteiger partial charge in [0.1, 0.15) is 24.2 Å². The van der Waals surface area contributed by atoms with Crippen molar-refractivity contribution in [3.05, 3.63) is 214 Å². The number of benzene rings is 6. The predicted molar refractivity (Wildman–Crippen MR) is 320 cm³/mol. The molecule has 0 spiro atoms. The minimum Gasteiger partial charge on any atom is -0.409 e. The fourth-order valence-electron chi connectivity index (χ4n) is 8.09. The Balaban J connectivity index is 0.000000309. The van der Waals surface area contributed by atoms with Crippen LogP contribution in [0.5, 0.6) is 0 Å². The molecule has 0 aliphatic heterocycles. The van der Waals surface area contributed by atoms with Crippen LogP contribution in [0.2, 0.25) is 0 Å². The molecule has 24 heteroatoms. The fraction of sp³-hybridized carbons (Fsp3) is 0.300. The number of nitrogens with zero attached hydrogens (tertiary/aromatic N) is 2. The summed E-state index contributed by atoms with van der Waals surface area (Å²) in [5.41, 5.74) is 16.1. The topological polar surface area (TPSA) is 355 Å². The molecule has 6 aromatic carbocycles. The van der Waals surface area contributed by atoms with Gasteiger partial charge in [-0.05, 0) is 79.8 Å². The number of carbonyl (C=O) groups is 4. The van der Waals surface area contributed by atoms with Gasteiger partial charge < -0.3 is 53.0 Å². The standard InChI is InChI=1S/C32H41N5O6S.C28H33N5O6S/c1-32(2,3)43-21-28(37-44(41,42)22-25-12-8-5-9-13-25)31(39)35-27(19-16-23-10-6-4-7-11-23)30(38)34-20-24-14-17-26(18-15-24)29(33)36-40;29-26(32-37)23-14-11-21(12-15-23)17-30-27(35)24(16-13-20-7-3-1-4-8-20)31-28(36)25(18-34)33-40(38,39)19-22-9-5-2-6-10-22/h4-15,17-18,27-28,37,40H,16,19-22H2,1-3H3,(H2,33,36)(H,34,38)(H,35,39);1-12,14-15,24-25,33-34,37H,13,16-19H2,(H2,29,32)(H,30,35)(H,31,36)/t27-,28+;24-,25+/m00/s1. The highest BCUT2D eigenvalue weighted by atomic mass is 32.2. The van der Waals surface area contributed by atoms with Crippen molar-refractivity contribution in [1.82, 2.24) is 30.7 Å². The van der Waals surface area contributed by atoms with Crippen molar-refractivity contribution in [3.8, 4) is 0 Å². The second-order valence-corrected chi connectivity index (χ2v) is 23.9. The quantitative estimate of drug-likeness (QED) is 0.0138. The smallest absolute Gasteiger partial charge is 0.242 e. The molecule has 0 aromatic heterocycles. The van der Waals surface area contributed by atoms with Gasteiger partial charge in [0, 0.05) is 24.2 Å². The average molecular weight is 1190 g/mol. The van der Waals surface area contributed by atoms with Crippen molar-refractivity contribution < 1.29 is 56.3 Å². The summed E-state index contributed by atoms with van der Waals surface area (Å²) in [6, 6.07) is 44.7. The molecule has 6 aromatic rings. The maximum atomic E-state index is 13.6. The Kier molecular flexibility index (Phi) is 26.0. The Hall–Kier alpha value is -8.52. The van der Waals surface area contributed by atoms with Gasteiger partial charge in [-0.2, -0.15) is 0 Å². The molecule has 448 valence electrons. The first-order chi connectivity index (χ1) is 40.1. The number of aryl methyl sites for hydroxylation is 2. The van der Waals surface area contributed by atoms with E-state index in [9.17, 15) is 41.1 Å². The van der Waals surface area contributed by atoms with Crippen LogP contribution in [0, 0.1) is 0 Å². The third-order valence-electron chi connectivity index (χ3n) is 12.6. The van der Waals surface area contributed by atoms with E-state index in [1.165, 1.54) is 0 Å². The summed E-state index contributed by atoms with van der Waals surface area (Å²) in [7, 11) is -7.90. The van der Waals surface area contributed by atoms with Crippen molar-refractivity contribution in [2.24, 2.45) is 21.8 Å². The van der Waals surface area contributed by atoms with Gasteiger partial charge in [0.25, 0.3) is 0 Å². The molecule has 0 fully saturated rings. The number of aliphatic hydroxyl groups is 1. The number of sulfonamides is 2. The number of amidine groups is 2. The van der Waals surface area contributed by atoms with Gasteiger partial charge in [0.05, 0.1) is 30.3 Å². The van der Waals surface area contributed by atoms with E-state index in [1.807, 2.05) is 60.7 Å². The number of ether oxygens (including phenoxy) is 1. The Bertz CT molecular complexity index is 3320. The van der Waals surface area contributed by atoms with E-state index in [0.29, 0.717) is 35.1 Å². The number of amides is 4. The summed E-state index contributed by atoms with van der Waals surface area (Å²) in [6.45, 7) is 4.67. The molecule has 6 rings (SSSR count). The van der Waals surface area contributed by atoms with Gasteiger partial charge in [-0.1, -0.05) is 180 Å². The summed E-state index contributed by atoms with van der Waals surface area (Å²) in [6.07, 6.45) is 1.47. The first-order valence-electron chi connectivity index (χ1n) is 26.8. The third kappa shape index (κ3) is 23.8. The number of hydrogen-bond acceptors (Lipinski definition) is 14. The molecule has 0 heterocycles. The second-order valence-electron chi connectivity index (χ2n) is 20.4. The number of carbonyl (C=O) groups excluding carboxylic acids is 4. The van der Waals surface area contributed by atoms with Gasteiger partial charge in [-0.25, -0.2) is 26.3 Å². The van der Waals surface area contributed by atoms with Crippen LogP contribution < -0.4 is 42.2 Å². The highest BCUT2D eigenvalue weighted by Crippen LogP contribution is 2.14. The van der Waals surface area contributed by atoms with Crippen LogP contribution in [0.4, 0.5) is 0 Å². The van der Waals surface area contributed by atoms with Crippen LogP contribution in [0.25, 0.3) is 0 Å². The summed E-state index contributed by atoms with van der Waals surface area (Å²) in [5, 5.41) is 44.4. The molecule has 0 aliphatic carbocycles. The molecule has 13 N–H and O–H groups in total. The summed E-state index contributed by atoms with van der Waals surface area (Å²) < 4.78 is 61.9. The maximum Gasteiger partial charge on any atom is 0.242 e. The van der Waals surface area contributed by atoms with Crippen LogP contribution in [-0.2, 0) is 81.4 Å². The Labute approximate surface area is 490 Å². The molecular formula is C60H74N10O12S2. The van der Waals surface area contributed by atoms with Crippen molar-refractivity contribution >= 4 is 55.3 Å². The van der Waals surface area contributed by atoms with E-state index in [4.69, 9.17) is 26.6 Å². The highest BCUT2D eigenvalue weighted by molar-refractivity contribution is 7.89. The molecule has 4 atom stereocenters. The lowest BCUT2D eigenvalue weighted by Crippen LogP contribution is -2.55. The van der Waals surface area contributed by atoms with Crippen LogP contribution >= 0.6 is 0 Å². The Morgan fingerprint density at radius 1 is 0.476 bits per heavy atom. The van der Waals surface area contributed by atoms with Gasteiger partial charge >= 0.3 is 0 Å². The lowest BCUT2D eigenvalue weighted by Gasteiger charge is -2.26. The maximum absolute atomic E-state index is 13.6. The zero-order valence-corrected chi connectivity index (χ0v) is 48.6. The molecule has 0 aliphatic rings. The lowest BCUT2D eigenvalue weighted by molar-refractivity contribution is -0.131. The van der Waals surface area contributed by atoms with Crippen LogP contribution in [0.1, 0.15) is 78.1 Å². The zero-order chi connectivity index (χ0) is 61.1. The molecule has 0 radical (unpaired) electrons. The number of aliphatic hydroxyl groups excluding tert-OH is 1. The van der Waals surface area contributed by atoms with E-state index < -0.39 is 80.1 Å². The van der Waals surface area contributed by atoms with Crippen LogP contribution in [0.15, 0.2) is 180 Å². The Morgan fingerprint density at radius 2 is 0.810 bits per heavy atom. The minimum absolute atomic E-state index is 0.0336. The van der Waals surface area contributed by atoms with Gasteiger partial charge in [-0.3, -0.25) is 19.2 Å². The van der Waals surface area contributed by atoms with Crippen molar-refractivity contribution in [1.29, 1.82) is 0 Å². The van der Waals surface area contributed by atoms with E-state index in [0.717, 1.165) is 22.3 Å². The zero-order valence-electron chi connectivity index (χ0n) is 46.9. The average Bonchev–Trinajstić information content (AvgIpc) is 3.63. The van der Waals surface area contributed by atoms with Crippen molar-refractivity contribution in [3.63, 3.8) is 0 Å². The number of nitrogens with two attached hydrogens (primary N) is 2. The first-order valence-corrected chi connectivity index (χ1v) is 30.1. The van der Waals surface area contributed by atoms with E-state index in [1.54, 1.807) is 130 Å². The van der Waals surface area contributed by atoms with Gasteiger partial charge in [0.2, 0.25) is 43.7 Å². The molecule has 4 amide bonds. The summed E-state index contributed by atoms with van der Waals surface area (Å²) in [4.78, 5) is 53.1. The summed E-state index contributed by atoms with van der Waals surface area (Å²) in [5.74, 6) is -3.18. The normalized spacial score (nSPS) is 13.4. The van der Waals surface area contributed by atoms with E-state index in [-0.39, 0.29) is 55.7 Å². The molecular weight excluding hydrogens is 1120 g/mol. The predicted octanol–water partition coefficient (Wildman–Crippen LogP) is 3.81. The molecule has 0 unspecified atom stereocenters. The third-order valence-corrected chi connectivity index (χ3v) is 15.3. The fourth-order valence-corrected chi connectivity index (χ4v) is 10.7. The van der Waals surface area contributed by atoms with Crippen molar-refractivity contribution in [2.75, 3.05) is 13.2 Å². The van der Waals surface area contributed by atoms with Gasteiger partial charge in [-0.15, -0.1) is 0 Å². The number of hydrogen-bond donors (Lipinski definition) is 11. The monoisotopic (exact) mass is 1190 g/mol. The number of rotatable bonds is 29. The number of nitrogens with one attached hydrogen (secondary N) is 6. The molecule has 0 saturated carbocycles. The second kappa shape index (κ2) is 32.9. The van der Waals surface area contributed by atoms with Crippen LogP contribution in [-0.4, -0.2) is 111 Å². The largest absolute Gasteiger partial charge is 0.409 e. The number of oxime groups is 2. The minimum atomic E-state index is -3.96.